The van der Waals surface area contributed by atoms with Crippen molar-refractivity contribution in [2.24, 2.45) is 12.5 Å². The van der Waals surface area contributed by atoms with Gasteiger partial charge in [-0.05, 0) is 19.3 Å². The highest BCUT2D eigenvalue weighted by atomic mass is 15.3. The summed E-state index contributed by atoms with van der Waals surface area (Å²) in [6.07, 6.45) is 4.93. The Hall–Kier alpha value is -1.19. The second-order valence-corrected chi connectivity index (χ2v) is 5.25. The molecule has 1 aromatic rings. The molecular weight excluding hydrogens is 200 g/mol. The van der Waals surface area contributed by atoms with Crippen LogP contribution in [0.15, 0.2) is 0 Å². The molecule has 2 N–H and O–H groups in total. The van der Waals surface area contributed by atoms with Gasteiger partial charge in [0.1, 0.15) is 11.5 Å². The number of hydrogen-bond donors (Lipinski definition) is 2. The van der Waals surface area contributed by atoms with Crippen molar-refractivity contribution in [2.75, 3.05) is 23.7 Å². The van der Waals surface area contributed by atoms with E-state index >= 15 is 0 Å². The van der Waals surface area contributed by atoms with E-state index in [1.807, 2.05) is 11.7 Å². The van der Waals surface area contributed by atoms with Gasteiger partial charge in [-0.2, -0.15) is 5.10 Å². The van der Waals surface area contributed by atoms with Crippen LogP contribution in [-0.4, -0.2) is 22.9 Å². The first-order chi connectivity index (χ1) is 7.74. The maximum Gasteiger partial charge on any atom is 0.148 e. The second kappa shape index (κ2) is 3.40. The Kier molecular flexibility index (Phi) is 2.13. The fraction of sp³-hybridized carbons (Fsp3) is 0.750. The van der Waals surface area contributed by atoms with E-state index in [9.17, 15) is 0 Å². The monoisotopic (exact) mass is 220 g/mol. The first kappa shape index (κ1) is 10.00. The minimum absolute atomic E-state index is 0.530. The highest BCUT2D eigenvalue weighted by molar-refractivity contribution is 5.69. The molecule has 3 rings (SSSR count). The van der Waals surface area contributed by atoms with E-state index in [4.69, 9.17) is 0 Å². The van der Waals surface area contributed by atoms with Crippen LogP contribution >= 0.6 is 0 Å². The summed E-state index contributed by atoms with van der Waals surface area (Å²) < 4.78 is 1.98. The Morgan fingerprint density at radius 2 is 2.06 bits per heavy atom. The zero-order valence-corrected chi connectivity index (χ0v) is 10.1. The smallest absolute Gasteiger partial charge is 0.148 e. The van der Waals surface area contributed by atoms with Gasteiger partial charge in [-0.15, -0.1) is 0 Å². The van der Waals surface area contributed by atoms with Gasteiger partial charge in [0.25, 0.3) is 0 Å². The van der Waals surface area contributed by atoms with Gasteiger partial charge < -0.3 is 10.6 Å². The van der Waals surface area contributed by atoms with Gasteiger partial charge in [-0.25, -0.2) is 0 Å². The van der Waals surface area contributed by atoms with Crippen molar-refractivity contribution >= 4 is 11.5 Å². The van der Waals surface area contributed by atoms with Gasteiger partial charge >= 0.3 is 0 Å². The minimum atomic E-state index is 0.530. The second-order valence-electron chi connectivity index (χ2n) is 5.25. The molecule has 1 fully saturated rings. The summed E-state index contributed by atoms with van der Waals surface area (Å²) in [4.78, 5) is 0. The van der Waals surface area contributed by atoms with E-state index < -0.39 is 0 Å². The third kappa shape index (κ3) is 1.47. The SMILES string of the molecule is CCCc1nn(C)c2c1NCC1(CC1)CN2. The predicted octanol–water partition coefficient (Wildman–Crippen LogP) is 1.99. The molecule has 2 heterocycles. The van der Waals surface area contributed by atoms with Gasteiger partial charge in [0.15, 0.2) is 0 Å². The van der Waals surface area contributed by atoms with Gasteiger partial charge in [0.2, 0.25) is 0 Å². The zero-order chi connectivity index (χ0) is 11.2. The van der Waals surface area contributed by atoms with Crippen LogP contribution in [0.1, 0.15) is 31.9 Å². The fourth-order valence-corrected chi connectivity index (χ4v) is 2.52. The van der Waals surface area contributed by atoms with Crippen molar-refractivity contribution in [3.05, 3.63) is 5.69 Å². The molecule has 0 atom stereocenters. The molecule has 4 heteroatoms. The maximum absolute atomic E-state index is 4.58. The largest absolute Gasteiger partial charge is 0.380 e. The predicted molar refractivity (Wildman–Crippen MR) is 65.8 cm³/mol. The molecule has 0 bridgehead atoms. The lowest BCUT2D eigenvalue weighted by Crippen LogP contribution is -2.21. The Balaban J connectivity index is 1.91. The normalized spacial score (nSPS) is 20.9. The lowest BCUT2D eigenvalue weighted by Gasteiger charge is -2.11. The molecule has 0 aromatic carbocycles. The molecule has 16 heavy (non-hydrogen) atoms. The topological polar surface area (TPSA) is 41.9 Å². The maximum atomic E-state index is 4.58. The van der Waals surface area contributed by atoms with Crippen molar-refractivity contribution in [1.29, 1.82) is 0 Å². The quantitative estimate of drug-likeness (QED) is 0.801. The lowest BCUT2D eigenvalue weighted by atomic mass is 10.1. The van der Waals surface area contributed by atoms with Crippen LogP contribution in [0.4, 0.5) is 11.5 Å². The molecule has 88 valence electrons. The number of fused-ring (bicyclic) bond motifs is 1. The number of nitrogens with zero attached hydrogens (tertiary/aromatic N) is 2. The standard InChI is InChI=1S/C12H20N4/c1-3-4-9-10-11(16(2)15-9)14-8-12(5-6-12)7-13-10/h13-14H,3-8H2,1-2H3. The van der Waals surface area contributed by atoms with Crippen molar-refractivity contribution in [3.63, 3.8) is 0 Å². The molecule has 2 aliphatic rings. The molecule has 1 aromatic heterocycles. The van der Waals surface area contributed by atoms with E-state index in [1.54, 1.807) is 0 Å². The highest BCUT2D eigenvalue weighted by Crippen LogP contribution is 2.48. The van der Waals surface area contributed by atoms with Gasteiger partial charge in [-0.3, -0.25) is 4.68 Å². The van der Waals surface area contributed by atoms with Crippen LogP contribution in [0.3, 0.4) is 0 Å². The fourth-order valence-electron chi connectivity index (χ4n) is 2.52. The number of rotatable bonds is 2. The Bertz CT molecular complexity index is 403. The molecular formula is C12H20N4. The van der Waals surface area contributed by atoms with Gasteiger partial charge in [0.05, 0.1) is 5.69 Å². The Labute approximate surface area is 96.4 Å². The number of aryl methyl sites for hydroxylation is 2. The molecule has 4 nitrogen and oxygen atoms in total. The van der Waals surface area contributed by atoms with E-state index in [2.05, 4.69) is 22.7 Å². The van der Waals surface area contributed by atoms with E-state index in [-0.39, 0.29) is 0 Å². The highest BCUT2D eigenvalue weighted by Gasteiger charge is 2.44. The van der Waals surface area contributed by atoms with Crippen molar-refractivity contribution < 1.29 is 0 Å². The van der Waals surface area contributed by atoms with Crippen LogP contribution in [0.5, 0.6) is 0 Å². The van der Waals surface area contributed by atoms with Crippen molar-refractivity contribution in [3.8, 4) is 0 Å². The molecule has 1 saturated carbocycles. The molecule has 1 aliphatic heterocycles. The third-order valence-electron chi connectivity index (χ3n) is 3.83. The minimum Gasteiger partial charge on any atom is -0.380 e. The summed E-state index contributed by atoms with van der Waals surface area (Å²) in [5.41, 5.74) is 2.99. The van der Waals surface area contributed by atoms with E-state index in [0.29, 0.717) is 5.41 Å². The summed E-state index contributed by atoms with van der Waals surface area (Å²) in [5.74, 6) is 1.17. The number of anilines is 2. The molecule has 0 saturated heterocycles. The molecule has 1 spiro atoms. The average Bonchev–Trinajstić information content (AvgIpc) is 3.00. The summed E-state index contributed by atoms with van der Waals surface area (Å²) in [5, 5.41) is 11.8. The van der Waals surface area contributed by atoms with Crippen molar-refractivity contribution in [1.82, 2.24) is 9.78 Å². The zero-order valence-electron chi connectivity index (χ0n) is 10.1. The lowest BCUT2D eigenvalue weighted by molar-refractivity contribution is 0.576. The van der Waals surface area contributed by atoms with Crippen LogP contribution in [-0.2, 0) is 13.5 Å². The summed E-state index contributed by atoms with van der Waals surface area (Å²) in [6, 6.07) is 0. The molecule has 0 unspecified atom stereocenters. The van der Waals surface area contributed by atoms with Crippen LogP contribution < -0.4 is 10.6 Å². The molecule has 1 aliphatic carbocycles. The van der Waals surface area contributed by atoms with Crippen molar-refractivity contribution in [2.45, 2.75) is 32.6 Å². The third-order valence-corrected chi connectivity index (χ3v) is 3.83. The van der Waals surface area contributed by atoms with Crippen LogP contribution in [0, 0.1) is 5.41 Å². The number of hydrogen-bond acceptors (Lipinski definition) is 3. The number of aromatic nitrogens is 2. The van der Waals surface area contributed by atoms with E-state index in [1.165, 1.54) is 30.0 Å². The Morgan fingerprint density at radius 1 is 1.31 bits per heavy atom. The summed E-state index contributed by atoms with van der Waals surface area (Å²) in [7, 11) is 2.03. The first-order valence-corrected chi connectivity index (χ1v) is 6.28. The van der Waals surface area contributed by atoms with Gasteiger partial charge in [-0.1, -0.05) is 13.3 Å². The van der Waals surface area contributed by atoms with Crippen LogP contribution in [0.25, 0.3) is 0 Å². The summed E-state index contributed by atoms with van der Waals surface area (Å²) >= 11 is 0. The molecule has 0 radical (unpaired) electrons. The number of nitrogens with one attached hydrogen (secondary N) is 2. The molecule has 0 amide bonds. The van der Waals surface area contributed by atoms with Crippen LogP contribution in [0.2, 0.25) is 0 Å². The average molecular weight is 220 g/mol. The van der Waals surface area contributed by atoms with E-state index in [0.717, 1.165) is 25.9 Å². The first-order valence-electron chi connectivity index (χ1n) is 6.28. The Morgan fingerprint density at radius 3 is 2.75 bits per heavy atom. The summed E-state index contributed by atoms with van der Waals surface area (Å²) in [6.45, 7) is 4.40. The van der Waals surface area contributed by atoms with Gasteiger partial charge in [0, 0.05) is 25.6 Å².